The Morgan fingerprint density at radius 1 is 1.32 bits per heavy atom. The van der Waals surface area contributed by atoms with Crippen molar-refractivity contribution in [3.63, 3.8) is 0 Å². The highest BCUT2D eigenvalue weighted by molar-refractivity contribution is 9.10. The quantitative estimate of drug-likeness (QED) is 0.940. The maximum atomic E-state index is 4.32. The number of imidazole rings is 1. The summed E-state index contributed by atoms with van der Waals surface area (Å²) in [7, 11) is 0. The highest BCUT2D eigenvalue weighted by Gasteiger charge is 2.15. The zero-order valence-corrected chi connectivity index (χ0v) is 12.4. The largest absolute Gasteiger partial charge is 0.330 e. The lowest BCUT2D eigenvalue weighted by Crippen LogP contribution is -2.32. The summed E-state index contributed by atoms with van der Waals surface area (Å²) in [5, 5.41) is 3.47. The lowest BCUT2D eigenvalue weighted by atomic mass is 9.99. The fourth-order valence-corrected chi connectivity index (χ4v) is 2.95. The highest BCUT2D eigenvalue weighted by atomic mass is 79.9. The van der Waals surface area contributed by atoms with Crippen molar-refractivity contribution in [1.82, 2.24) is 14.9 Å². The fourth-order valence-electron chi connectivity index (χ4n) is 2.69. The average molecular weight is 320 g/mol. The van der Waals surface area contributed by atoms with Gasteiger partial charge < -0.3 is 9.88 Å². The van der Waals surface area contributed by atoms with E-state index in [2.05, 4.69) is 55.1 Å². The molecule has 1 fully saturated rings. The average Bonchev–Trinajstić information content (AvgIpc) is 2.89. The molecular weight excluding hydrogens is 302 g/mol. The second-order valence-electron chi connectivity index (χ2n) is 5.15. The number of rotatable bonds is 3. The van der Waals surface area contributed by atoms with Crippen LogP contribution in [0.2, 0.25) is 0 Å². The molecule has 1 N–H and O–H groups in total. The maximum absolute atomic E-state index is 4.32. The van der Waals surface area contributed by atoms with Crippen LogP contribution in [0.3, 0.4) is 0 Å². The van der Waals surface area contributed by atoms with Crippen molar-refractivity contribution in [2.24, 2.45) is 5.92 Å². The van der Waals surface area contributed by atoms with Crippen molar-refractivity contribution in [3.8, 4) is 11.3 Å². The molecule has 0 radical (unpaired) electrons. The van der Waals surface area contributed by atoms with Gasteiger partial charge in [0.25, 0.3) is 0 Å². The van der Waals surface area contributed by atoms with E-state index in [0.29, 0.717) is 0 Å². The summed E-state index contributed by atoms with van der Waals surface area (Å²) >= 11 is 3.48. The first-order chi connectivity index (χ1) is 9.33. The Bertz CT molecular complexity index is 527. The van der Waals surface area contributed by atoms with E-state index in [1.807, 2.05) is 12.5 Å². The molecule has 0 amide bonds. The molecule has 4 heteroatoms. The van der Waals surface area contributed by atoms with E-state index < -0.39 is 0 Å². The van der Waals surface area contributed by atoms with Gasteiger partial charge in [0.15, 0.2) is 0 Å². The Kier molecular flexibility index (Phi) is 3.99. The van der Waals surface area contributed by atoms with Crippen molar-refractivity contribution in [1.29, 1.82) is 0 Å². The molecule has 2 aromatic rings. The molecule has 1 aromatic heterocycles. The monoisotopic (exact) mass is 319 g/mol. The van der Waals surface area contributed by atoms with Crippen molar-refractivity contribution in [2.75, 3.05) is 13.1 Å². The van der Waals surface area contributed by atoms with Crippen LogP contribution in [-0.2, 0) is 6.54 Å². The zero-order valence-electron chi connectivity index (χ0n) is 10.8. The van der Waals surface area contributed by atoms with Crippen LogP contribution in [0.1, 0.15) is 12.8 Å². The fraction of sp³-hybridized carbons (Fsp3) is 0.400. The first-order valence-corrected chi connectivity index (χ1v) is 7.59. The zero-order chi connectivity index (χ0) is 13.1. The third-order valence-corrected chi connectivity index (χ3v) is 4.23. The summed E-state index contributed by atoms with van der Waals surface area (Å²) in [5.41, 5.74) is 2.43. The first-order valence-electron chi connectivity index (χ1n) is 6.80. The molecule has 1 aliphatic rings. The Balaban J connectivity index is 1.79. The molecule has 1 saturated heterocycles. The third kappa shape index (κ3) is 3.07. The van der Waals surface area contributed by atoms with Gasteiger partial charge in [0.1, 0.15) is 0 Å². The number of benzene rings is 1. The van der Waals surface area contributed by atoms with E-state index in [9.17, 15) is 0 Å². The van der Waals surface area contributed by atoms with E-state index in [1.54, 1.807) is 0 Å². The van der Waals surface area contributed by atoms with Gasteiger partial charge in [-0.3, -0.25) is 0 Å². The first kappa shape index (κ1) is 12.9. The maximum Gasteiger partial charge on any atom is 0.0951 e. The van der Waals surface area contributed by atoms with Crippen molar-refractivity contribution in [3.05, 3.63) is 41.3 Å². The van der Waals surface area contributed by atoms with Gasteiger partial charge >= 0.3 is 0 Å². The standard InChI is InChI=1S/C15H18BrN3/c16-14-5-3-13(4-6-14)15-9-18-11-19(15)10-12-2-1-7-17-8-12/h3-6,9,11-12,17H,1-2,7-8,10H2. The lowest BCUT2D eigenvalue weighted by Gasteiger charge is -2.23. The number of nitrogens with one attached hydrogen (secondary N) is 1. The molecule has 3 rings (SSSR count). The Morgan fingerprint density at radius 2 is 2.16 bits per heavy atom. The number of hydrogen-bond acceptors (Lipinski definition) is 2. The molecule has 0 spiro atoms. The van der Waals surface area contributed by atoms with E-state index >= 15 is 0 Å². The van der Waals surface area contributed by atoms with Gasteiger partial charge in [0.2, 0.25) is 0 Å². The topological polar surface area (TPSA) is 29.9 Å². The predicted octanol–water partition coefficient (Wildman–Crippen LogP) is 3.31. The minimum Gasteiger partial charge on any atom is -0.330 e. The second kappa shape index (κ2) is 5.88. The minimum atomic E-state index is 0.720. The van der Waals surface area contributed by atoms with Gasteiger partial charge in [-0.15, -0.1) is 0 Å². The molecule has 1 aromatic carbocycles. The van der Waals surface area contributed by atoms with E-state index in [4.69, 9.17) is 0 Å². The molecule has 100 valence electrons. The molecule has 0 bridgehead atoms. The second-order valence-corrected chi connectivity index (χ2v) is 6.07. The van der Waals surface area contributed by atoms with Gasteiger partial charge in [-0.2, -0.15) is 0 Å². The van der Waals surface area contributed by atoms with E-state index in [-0.39, 0.29) is 0 Å². The molecule has 3 nitrogen and oxygen atoms in total. The van der Waals surface area contributed by atoms with Crippen LogP contribution in [0.4, 0.5) is 0 Å². The number of piperidine rings is 1. The number of aromatic nitrogens is 2. The van der Waals surface area contributed by atoms with Crippen molar-refractivity contribution in [2.45, 2.75) is 19.4 Å². The summed E-state index contributed by atoms with van der Waals surface area (Å²) in [6.45, 7) is 3.34. The lowest BCUT2D eigenvalue weighted by molar-refractivity contribution is 0.338. The molecule has 2 heterocycles. The van der Waals surface area contributed by atoms with Crippen molar-refractivity contribution >= 4 is 15.9 Å². The van der Waals surface area contributed by atoms with Crippen LogP contribution in [0.5, 0.6) is 0 Å². The SMILES string of the molecule is Brc1ccc(-c2cncn2CC2CCCNC2)cc1. The van der Waals surface area contributed by atoms with Crippen LogP contribution >= 0.6 is 15.9 Å². The van der Waals surface area contributed by atoms with Crippen molar-refractivity contribution < 1.29 is 0 Å². The Labute approximate surface area is 122 Å². The summed E-state index contributed by atoms with van der Waals surface area (Å²) in [5.74, 6) is 0.720. The van der Waals surface area contributed by atoms with Gasteiger partial charge in [0.05, 0.1) is 18.2 Å². The van der Waals surface area contributed by atoms with Gasteiger partial charge in [-0.1, -0.05) is 28.1 Å². The number of halogens is 1. The third-order valence-electron chi connectivity index (χ3n) is 3.71. The van der Waals surface area contributed by atoms with Gasteiger partial charge in [-0.25, -0.2) is 4.98 Å². The van der Waals surface area contributed by atoms with Crippen LogP contribution in [0, 0.1) is 5.92 Å². The normalized spacial score (nSPS) is 19.5. The Morgan fingerprint density at radius 3 is 2.89 bits per heavy atom. The molecule has 1 aliphatic heterocycles. The summed E-state index contributed by atoms with van der Waals surface area (Å²) in [6.07, 6.45) is 6.50. The van der Waals surface area contributed by atoms with Gasteiger partial charge in [0, 0.05) is 11.0 Å². The molecule has 19 heavy (non-hydrogen) atoms. The molecule has 1 unspecified atom stereocenters. The summed E-state index contributed by atoms with van der Waals surface area (Å²) in [4.78, 5) is 4.32. The van der Waals surface area contributed by atoms with Crippen LogP contribution < -0.4 is 5.32 Å². The summed E-state index contributed by atoms with van der Waals surface area (Å²) in [6, 6.07) is 8.43. The molecule has 0 saturated carbocycles. The van der Waals surface area contributed by atoms with Gasteiger partial charge in [-0.05, 0) is 49.5 Å². The Hall–Kier alpha value is -1.13. The van der Waals surface area contributed by atoms with Crippen LogP contribution in [0.15, 0.2) is 41.3 Å². The number of hydrogen-bond donors (Lipinski definition) is 1. The molecule has 0 aliphatic carbocycles. The van der Waals surface area contributed by atoms with Crippen LogP contribution in [-0.4, -0.2) is 22.6 Å². The predicted molar refractivity (Wildman–Crippen MR) is 81.0 cm³/mol. The smallest absolute Gasteiger partial charge is 0.0951 e. The molecular formula is C15H18BrN3. The summed E-state index contributed by atoms with van der Waals surface area (Å²) < 4.78 is 3.39. The highest BCUT2D eigenvalue weighted by Crippen LogP contribution is 2.23. The van der Waals surface area contributed by atoms with Crippen LogP contribution in [0.25, 0.3) is 11.3 Å². The van der Waals surface area contributed by atoms with E-state index in [1.165, 1.54) is 30.6 Å². The molecule has 1 atom stereocenters. The minimum absolute atomic E-state index is 0.720. The number of nitrogens with zero attached hydrogens (tertiary/aromatic N) is 2. The van der Waals surface area contributed by atoms with E-state index in [0.717, 1.165) is 23.5 Å².